The van der Waals surface area contributed by atoms with Gasteiger partial charge in [-0.25, -0.2) is 13.6 Å². The highest BCUT2D eigenvalue weighted by molar-refractivity contribution is 7.89. The fourth-order valence-corrected chi connectivity index (χ4v) is 4.47. The molecule has 0 unspecified atom stereocenters. The van der Waals surface area contributed by atoms with E-state index in [1.54, 1.807) is 12.1 Å². The Balaban J connectivity index is 1.59. The van der Waals surface area contributed by atoms with E-state index in [1.165, 1.54) is 5.56 Å². The number of alkyl halides is 1. The molecule has 2 heterocycles. The van der Waals surface area contributed by atoms with Gasteiger partial charge in [-0.2, -0.15) is 0 Å². The molecule has 1 amide bonds. The molecular weight excluding hydrogens is 362 g/mol. The molecule has 138 valence electrons. The minimum Gasteiger partial charge on any atom is -0.342 e. The molecule has 2 aliphatic heterocycles. The van der Waals surface area contributed by atoms with Crippen LogP contribution in [0, 0.1) is 5.92 Å². The van der Waals surface area contributed by atoms with Gasteiger partial charge in [0, 0.05) is 32.7 Å². The van der Waals surface area contributed by atoms with Gasteiger partial charge in [0.1, 0.15) is 5.88 Å². The number of fused-ring (bicyclic) bond motifs is 1. The zero-order valence-electron chi connectivity index (χ0n) is 14.2. The summed E-state index contributed by atoms with van der Waals surface area (Å²) in [7, 11) is -3.66. The predicted molar refractivity (Wildman–Crippen MR) is 96.8 cm³/mol. The Morgan fingerprint density at radius 1 is 1.20 bits per heavy atom. The smallest absolute Gasteiger partial charge is 0.238 e. The molecule has 0 aliphatic carbocycles. The molecule has 1 aromatic carbocycles. The summed E-state index contributed by atoms with van der Waals surface area (Å²) in [5.74, 6) is 0.629. The number of carbonyl (C=O) groups excluding carboxylic acids is 1. The van der Waals surface area contributed by atoms with Crippen molar-refractivity contribution in [3.63, 3.8) is 0 Å². The van der Waals surface area contributed by atoms with Gasteiger partial charge in [0.05, 0.1) is 4.90 Å². The molecule has 1 saturated heterocycles. The van der Waals surface area contributed by atoms with Gasteiger partial charge >= 0.3 is 0 Å². The molecule has 2 N–H and O–H groups in total. The van der Waals surface area contributed by atoms with Crippen LogP contribution in [0.4, 0.5) is 0 Å². The summed E-state index contributed by atoms with van der Waals surface area (Å²) in [4.78, 5) is 16.0. The first-order valence-corrected chi connectivity index (χ1v) is 10.7. The van der Waals surface area contributed by atoms with E-state index in [4.69, 9.17) is 16.7 Å². The van der Waals surface area contributed by atoms with Crippen molar-refractivity contribution < 1.29 is 13.2 Å². The van der Waals surface area contributed by atoms with Gasteiger partial charge in [0.15, 0.2) is 0 Å². The normalized spacial score (nSPS) is 19.7. The number of primary sulfonamides is 1. The highest BCUT2D eigenvalue weighted by Gasteiger charge is 2.25. The van der Waals surface area contributed by atoms with Gasteiger partial charge in [0.2, 0.25) is 15.9 Å². The van der Waals surface area contributed by atoms with Gasteiger partial charge < -0.3 is 4.90 Å². The van der Waals surface area contributed by atoms with Gasteiger partial charge in [0.25, 0.3) is 0 Å². The van der Waals surface area contributed by atoms with Crippen molar-refractivity contribution in [3.8, 4) is 0 Å². The minimum absolute atomic E-state index is 0.0162. The third-order valence-electron chi connectivity index (χ3n) is 5.20. The molecular formula is C17H24ClN3O3S. The summed E-state index contributed by atoms with van der Waals surface area (Å²) in [6.07, 6.45) is 2.90. The van der Waals surface area contributed by atoms with Gasteiger partial charge in [-0.3, -0.25) is 9.69 Å². The Morgan fingerprint density at radius 3 is 2.56 bits per heavy atom. The number of carbonyl (C=O) groups is 1. The molecule has 0 radical (unpaired) electrons. The summed E-state index contributed by atoms with van der Waals surface area (Å²) in [5, 5.41) is 5.24. The summed E-state index contributed by atoms with van der Waals surface area (Å²) in [6, 6.07) is 5.18. The third-order valence-corrected chi connectivity index (χ3v) is 6.34. The Kier molecular flexibility index (Phi) is 5.68. The van der Waals surface area contributed by atoms with Crippen LogP contribution in [-0.2, 0) is 27.8 Å². The van der Waals surface area contributed by atoms with E-state index in [2.05, 4.69) is 4.90 Å². The number of nitrogens with zero attached hydrogens (tertiary/aromatic N) is 2. The first kappa shape index (κ1) is 18.6. The molecule has 0 bridgehead atoms. The number of halogens is 1. The van der Waals surface area contributed by atoms with Gasteiger partial charge in [-0.05, 0) is 48.4 Å². The number of hydrogen-bond acceptors (Lipinski definition) is 4. The molecule has 3 rings (SSSR count). The quantitative estimate of drug-likeness (QED) is 0.788. The number of hydrogen-bond donors (Lipinski definition) is 1. The average molecular weight is 386 g/mol. The van der Waals surface area contributed by atoms with Crippen LogP contribution in [0.15, 0.2) is 23.1 Å². The highest BCUT2D eigenvalue weighted by atomic mass is 35.5. The molecule has 6 nitrogen and oxygen atoms in total. The van der Waals surface area contributed by atoms with Crippen LogP contribution >= 0.6 is 11.6 Å². The van der Waals surface area contributed by atoms with Crippen molar-refractivity contribution in [1.29, 1.82) is 0 Å². The zero-order valence-corrected chi connectivity index (χ0v) is 15.7. The molecule has 2 aliphatic rings. The van der Waals surface area contributed by atoms with E-state index in [9.17, 15) is 13.2 Å². The van der Waals surface area contributed by atoms with E-state index in [1.807, 2.05) is 11.0 Å². The van der Waals surface area contributed by atoms with Crippen LogP contribution in [0.5, 0.6) is 0 Å². The topological polar surface area (TPSA) is 83.7 Å². The van der Waals surface area contributed by atoms with Crippen LogP contribution in [0.1, 0.15) is 24.0 Å². The van der Waals surface area contributed by atoms with E-state index in [0.717, 1.165) is 57.5 Å². The molecule has 25 heavy (non-hydrogen) atoms. The lowest BCUT2D eigenvalue weighted by atomic mass is 9.94. The molecule has 1 fully saturated rings. The molecule has 0 atom stereocenters. The maximum absolute atomic E-state index is 11.6. The molecule has 0 spiro atoms. The number of piperidine rings is 1. The highest BCUT2D eigenvalue weighted by Crippen LogP contribution is 2.25. The second-order valence-electron chi connectivity index (χ2n) is 6.92. The average Bonchev–Trinajstić information content (AvgIpc) is 2.60. The lowest BCUT2D eigenvalue weighted by Gasteiger charge is -2.36. The Bertz CT molecular complexity index is 746. The third kappa shape index (κ3) is 4.53. The molecule has 8 heteroatoms. The van der Waals surface area contributed by atoms with E-state index in [-0.39, 0.29) is 16.7 Å². The predicted octanol–water partition coefficient (Wildman–Crippen LogP) is 1.17. The van der Waals surface area contributed by atoms with Crippen LogP contribution < -0.4 is 5.14 Å². The summed E-state index contributed by atoms with van der Waals surface area (Å²) >= 11 is 5.62. The SMILES string of the molecule is NS(=O)(=O)c1ccc2c(c1)CN(CC1CCN(C(=O)CCl)CC1)CC2. The van der Waals surface area contributed by atoms with E-state index >= 15 is 0 Å². The van der Waals surface area contributed by atoms with Crippen molar-refractivity contribution in [2.45, 2.75) is 30.7 Å². The Hall–Kier alpha value is -1.15. The number of rotatable bonds is 4. The summed E-state index contributed by atoms with van der Waals surface area (Å²) < 4.78 is 23.1. The molecule has 0 saturated carbocycles. The van der Waals surface area contributed by atoms with Gasteiger partial charge in [-0.1, -0.05) is 6.07 Å². The van der Waals surface area contributed by atoms with Crippen LogP contribution in [-0.4, -0.2) is 56.2 Å². The van der Waals surface area contributed by atoms with Crippen LogP contribution in [0.3, 0.4) is 0 Å². The zero-order chi connectivity index (χ0) is 18.0. The minimum atomic E-state index is -3.66. The number of nitrogens with two attached hydrogens (primary N) is 1. The van der Waals surface area contributed by atoms with E-state index in [0.29, 0.717) is 5.92 Å². The van der Waals surface area contributed by atoms with Crippen molar-refractivity contribution in [2.75, 3.05) is 32.1 Å². The summed E-state index contributed by atoms with van der Waals surface area (Å²) in [5.41, 5.74) is 2.25. The lowest BCUT2D eigenvalue weighted by molar-refractivity contribution is -0.129. The number of sulfonamides is 1. The Labute approximate surface area is 154 Å². The van der Waals surface area contributed by atoms with Crippen LogP contribution in [0.25, 0.3) is 0 Å². The number of benzene rings is 1. The number of likely N-dealkylation sites (tertiary alicyclic amines) is 1. The maximum atomic E-state index is 11.6. The maximum Gasteiger partial charge on any atom is 0.238 e. The second kappa shape index (κ2) is 7.61. The monoisotopic (exact) mass is 385 g/mol. The van der Waals surface area contributed by atoms with Crippen molar-refractivity contribution >= 4 is 27.5 Å². The number of amides is 1. The molecule has 1 aromatic rings. The summed E-state index contributed by atoms with van der Waals surface area (Å²) in [6.45, 7) is 4.25. The second-order valence-corrected chi connectivity index (χ2v) is 8.75. The van der Waals surface area contributed by atoms with Crippen molar-refractivity contribution in [2.24, 2.45) is 11.1 Å². The first-order valence-electron chi connectivity index (χ1n) is 8.57. The fourth-order valence-electron chi connectivity index (χ4n) is 3.74. The fraction of sp³-hybridized carbons (Fsp3) is 0.588. The first-order chi connectivity index (χ1) is 11.9. The Morgan fingerprint density at radius 2 is 1.92 bits per heavy atom. The lowest BCUT2D eigenvalue weighted by Crippen LogP contribution is -2.43. The standard InChI is InChI=1S/C17H24ClN3O3S/c18-10-17(22)21-7-3-13(4-8-21)11-20-6-5-14-1-2-16(25(19,23)24)9-15(14)12-20/h1-2,9,13H,3-8,10-12H2,(H2,19,23,24). The molecule has 0 aromatic heterocycles. The van der Waals surface area contributed by atoms with E-state index < -0.39 is 10.0 Å². The largest absolute Gasteiger partial charge is 0.342 e. The van der Waals surface area contributed by atoms with Crippen molar-refractivity contribution in [3.05, 3.63) is 29.3 Å². The van der Waals surface area contributed by atoms with Crippen LogP contribution in [0.2, 0.25) is 0 Å². The van der Waals surface area contributed by atoms with Gasteiger partial charge in [-0.15, -0.1) is 11.6 Å². The van der Waals surface area contributed by atoms with Crippen molar-refractivity contribution in [1.82, 2.24) is 9.80 Å².